The largest absolute Gasteiger partial charge is 0.383 e. The first kappa shape index (κ1) is 18.1. The Morgan fingerprint density at radius 2 is 2.19 bits per heavy atom. The fourth-order valence-corrected chi connectivity index (χ4v) is 3.20. The molecule has 0 aromatic carbocycles. The highest BCUT2D eigenvalue weighted by Gasteiger charge is 2.21. The molecule has 1 rings (SSSR count). The van der Waals surface area contributed by atoms with Gasteiger partial charge in [-0.3, -0.25) is 4.68 Å². The predicted octanol–water partition coefficient (Wildman–Crippen LogP) is 0.586. The zero-order chi connectivity index (χ0) is 15.7. The molecule has 2 N–H and O–H groups in total. The van der Waals surface area contributed by atoms with E-state index in [1.54, 1.807) is 18.0 Å². The van der Waals surface area contributed by atoms with Crippen LogP contribution in [0.2, 0.25) is 0 Å². The molecule has 1 atom stereocenters. The topological polar surface area (TPSA) is 85.2 Å². The van der Waals surface area contributed by atoms with E-state index < -0.39 is 10.0 Å². The summed E-state index contributed by atoms with van der Waals surface area (Å²) in [5.41, 5.74) is 0. The second-order valence-corrected chi connectivity index (χ2v) is 6.57. The van der Waals surface area contributed by atoms with E-state index in [4.69, 9.17) is 4.74 Å². The van der Waals surface area contributed by atoms with Gasteiger partial charge in [0.2, 0.25) is 10.0 Å². The zero-order valence-electron chi connectivity index (χ0n) is 13.0. The Bertz CT molecular complexity index is 495. The smallest absolute Gasteiger partial charge is 0.244 e. The predicted molar refractivity (Wildman–Crippen MR) is 81.7 cm³/mol. The van der Waals surface area contributed by atoms with Gasteiger partial charge in [0.05, 0.1) is 19.3 Å². The monoisotopic (exact) mass is 318 g/mol. The molecule has 0 aliphatic heterocycles. The van der Waals surface area contributed by atoms with Crippen LogP contribution in [0.1, 0.15) is 26.7 Å². The molecule has 1 aromatic heterocycles. The van der Waals surface area contributed by atoms with Gasteiger partial charge in [-0.1, -0.05) is 20.3 Å². The minimum atomic E-state index is -3.55. The number of nitrogens with zero attached hydrogens (tertiary/aromatic N) is 2. The van der Waals surface area contributed by atoms with Crippen LogP contribution in [-0.2, 0) is 21.3 Å². The van der Waals surface area contributed by atoms with Crippen molar-refractivity contribution in [1.82, 2.24) is 19.8 Å². The van der Waals surface area contributed by atoms with Gasteiger partial charge in [-0.05, 0) is 13.0 Å². The van der Waals surface area contributed by atoms with E-state index in [2.05, 4.69) is 15.1 Å². The number of ether oxygens (including phenoxy) is 1. The molecular formula is C13H26N4O3S. The van der Waals surface area contributed by atoms with Gasteiger partial charge in [0.25, 0.3) is 0 Å². The van der Waals surface area contributed by atoms with Crippen LogP contribution in [0.15, 0.2) is 17.3 Å². The summed E-state index contributed by atoms with van der Waals surface area (Å²) in [5, 5.41) is 7.25. The molecule has 0 amide bonds. The molecule has 0 aliphatic carbocycles. The summed E-state index contributed by atoms with van der Waals surface area (Å²) < 4.78 is 34.0. The maximum Gasteiger partial charge on any atom is 0.244 e. The Balaban J connectivity index is 2.68. The summed E-state index contributed by atoms with van der Waals surface area (Å²) in [5.74, 6) is 0. The lowest BCUT2D eigenvalue weighted by molar-refractivity contribution is 0.171. The summed E-state index contributed by atoms with van der Waals surface area (Å²) in [7, 11) is -1.98. The molecule has 0 bridgehead atoms. The first-order chi connectivity index (χ1) is 10.0. The highest BCUT2D eigenvalue weighted by molar-refractivity contribution is 7.89. The third kappa shape index (κ3) is 6.13. The van der Waals surface area contributed by atoms with E-state index in [1.165, 1.54) is 6.20 Å². The number of methoxy groups -OCH3 is 1. The number of hydrogen-bond acceptors (Lipinski definition) is 5. The van der Waals surface area contributed by atoms with Crippen LogP contribution in [0.3, 0.4) is 0 Å². The SMILES string of the molecule is CCCC(COC)NS(=O)(=O)c1cnn(CCNCC)c1. The van der Waals surface area contributed by atoms with Crippen molar-refractivity contribution in [2.45, 2.75) is 44.2 Å². The van der Waals surface area contributed by atoms with Crippen LogP contribution in [0, 0.1) is 0 Å². The molecular weight excluding hydrogens is 292 g/mol. The summed E-state index contributed by atoms with van der Waals surface area (Å²) in [6, 6.07) is -0.213. The first-order valence-corrected chi connectivity index (χ1v) is 8.76. The second-order valence-electron chi connectivity index (χ2n) is 4.85. The molecule has 1 heterocycles. The van der Waals surface area contributed by atoms with Gasteiger partial charge in [-0.2, -0.15) is 5.10 Å². The molecule has 0 fully saturated rings. The lowest BCUT2D eigenvalue weighted by Gasteiger charge is -2.16. The van der Waals surface area contributed by atoms with Crippen molar-refractivity contribution < 1.29 is 13.2 Å². The summed E-state index contributed by atoms with van der Waals surface area (Å²) in [6.45, 7) is 6.67. The Hall–Kier alpha value is -0.960. The van der Waals surface area contributed by atoms with Gasteiger partial charge in [0, 0.05) is 25.9 Å². The van der Waals surface area contributed by atoms with E-state index in [1.807, 2.05) is 13.8 Å². The average Bonchev–Trinajstić information content (AvgIpc) is 2.89. The summed E-state index contributed by atoms with van der Waals surface area (Å²) in [6.07, 6.45) is 4.56. The zero-order valence-corrected chi connectivity index (χ0v) is 13.8. The van der Waals surface area contributed by atoms with E-state index >= 15 is 0 Å². The Kier molecular flexibility index (Phi) is 7.87. The molecule has 122 valence electrons. The van der Waals surface area contributed by atoms with E-state index in [9.17, 15) is 8.42 Å². The van der Waals surface area contributed by atoms with Crippen molar-refractivity contribution in [3.8, 4) is 0 Å². The molecule has 8 heteroatoms. The maximum atomic E-state index is 12.3. The molecule has 0 aliphatic rings. The van der Waals surface area contributed by atoms with Crippen LogP contribution in [0.5, 0.6) is 0 Å². The van der Waals surface area contributed by atoms with Crippen LogP contribution in [0.4, 0.5) is 0 Å². The minimum absolute atomic E-state index is 0.191. The third-order valence-corrected chi connectivity index (χ3v) is 4.49. The van der Waals surface area contributed by atoms with Crippen molar-refractivity contribution in [2.75, 3.05) is 26.8 Å². The average molecular weight is 318 g/mol. The van der Waals surface area contributed by atoms with Crippen molar-refractivity contribution in [1.29, 1.82) is 0 Å². The summed E-state index contributed by atoms with van der Waals surface area (Å²) >= 11 is 0. The van der Waals surface area contributed by atoms with Crippen molar-refractivity contribution in [2.24, 2.45) is 0 Å². The summed E-state index contributed by atoms with van der Waals surface area (Å²) in [4.78, 5) is 0.191. The van der Waals surface area contributed by atoms with Crippen LogP contribution < -0.4 is 10.0 Å². The Morgan fingerprint density at radius 1 is 1.43 bits per heavy atom. The van der Waals surface area contributed by atoms with Gasteiger partial charge in [-0.15, -0.1) is 0 Å². The van der Waals surface area contributed by atoms with Crippen LogP contribution in [0.25, 0.3) is 0 Å². The Labute approximate surface area is 127 Å². The molecule has 7 nitrogen and oxygen atoms in total. The van der Waals surface area contributed by atoms with Crippen molar-refractivity contribution in [3.63, 3.8) is 0 Å². The molecule has 0 saturated heterocycles. The van der Waals surface area contributed by atoms with Crippen LogP contribution in [-0.4, -0.2) is 51.0 Å². The van der Waals surface area contributed by atoms with Gasteiger partial charge < -0.3 is 10.1 Å². The lowest BCUT2D eigenvalue weighted by atomic mass is 10.2. The van der Waals surface area contributed by atoms with Gasteiger partial charge in [0.15, 0.2) is 0 Å². The van der Waals surface area contributed by atoms with Crippen molar-refractivity contribution >= 4 is 10.0 Å². The second kappa shape index (κ2) is 9.14. The number of nitrogens with one attached hydrogen (secondary N) is 2. The highest BCUT2D eigenvalue weighted by atomic mass is 32.2. The highest BCUT2D eigenvalue weighted by Crippen LogP contribution is 2.09. The van der Waals surface area contributed by atoms with E-state index in [0.29, 0.717) is 13.2 Å². The fraction of sp³-hybridized carbons (Fsp3) is 0.769. The molecule has 0 spiro atoms. The van der Waals surface area contributed by atoms with Crippen LogP contribution >= 0.6 is 0 Å². The molecule has 1 aromatic rings. The molecule has 1 unspecified atom stereocenters. The fourth-order valence-electron chi connectivity index (χ4n) is 1.99. The number of sulfonamides is 1. The molecule has 0 radical (unpaired) electrons. The standard InChI is InChI=1S/C13H26N4O3S/c1-4-6-12(11-20-3)16-21(18,19)13-9-15-17(10-13)8-7-14-5-2/h9-10,12,14,16H,4-8,11H2,1-3H3. The number of rotatable bonds is 11. The Morgan fingerprint density at radius 3 is 2.81 bits per heavy atom. The van der Waals surface area contributed by atoms with Gasteiger partial charge in [-0.25, -0.2) is 13.1 Å². The normalized spacial score (nSPS) is 13.5. The first-order valence-electron chi connectivity index (χ1n) is 7.27. The van der Waals surface area contributed by atoms with E-state index in [0.717, 1.165) is 25.9 Å². The lowest BCUT2D eigenvalue weighted by Crippen LogP contribution is -2.37. The maximum absolute atomic E-state index is 12.3. The quantitative estimate of drug-likeness (QED) is 0.583. The van der Waals surface area contributed by atoms with Crippen molar-refractivity contribution in [3.05, 3.63) is 12.4 Å². The third-order valence-electron chi connectivity index (χ3n) is 3.01. The number of hydrogen-bond donors (Lipinski definition) is 2. The number of likely N-dealkylation sites (N-methyl/N-ethyl adjacent to an activating group) is 1. The minimum Gasteiger partial charge on any atom is -0.383 e. The van der Waals surface area contributed by atoms with Gasteiger partial charge in [0.1, 0.15) is 4.90 Å². The molecule has 0 saturated carbocycles. The van der Waals surface area contributed by atoms with E-state index in [-0.39, 0.29) is 10.9 Å². The van der Waals surface area contributed by atoms with Gasteiger partial charge >= 0.3 is 0 Å². The molecule has 21 heavy (non-hydrogen) atoms. The number of aromatic nitrogens is 2.